The lowest BCUT2D eigenvalue weighted by molar-refractivity contribution is -0.190. The Hall–Kier alpha value is -1.18. The fourth-order valence-electron chi connectivity index (χ4n) is 3.33. The molecule has 0 unspecified atom stereocenters. The smallest absolute Gasteiger partial charge is 0.338 e. The van der Waals surface area contributed by atoms with Gasteiger partial charge in [-0.15, -0.1) is 0 Å². The van der Waals surface area contributed by atoms with Gasteiger partial charge in [0, 0.05) is 6.54 Å². The molecule has 0 radical (unpaired) electrons. The molecular weight excluding hydrogens is 326 g/mol. The molecule has 25 heavy (non-hydrogen) atoms. The molecule has 0 N–H and O–H groups in total. The van der Waals surface area contributed by atoms with Gasteiger partial charge in [0.2, 0.25) is 0 Å². The highest BCUT2D eigenvalue weighted by Crippen LogP contribution is 2.39. The van der Waals surface area contributed by atoms with Crippen molar-refractivity contribution in [2.45, 2.75) is 90.9 Å². The van der Waals surface area contributed by atoms with Gasteiger partial charge in [-0.2, -0.15) is 5.06 Å². The van der Waals surface area contributed by atoms with Gasteiger partial charge in [-0.25, -0.2) is 4.79 Å². The zero-order chi connectivity index (χ0) is 18.9. The maximum absolute atomic E-state index is 12.7. The molecule has 2 aliphatic heterocycles. The Morgan fingerprint density at radius 3 is 2.12 bits per heavy atom. The number of carbonyl (C=O) groups is 2. The Labute approximate surface area is 149 Å². The minimum Gasteiger partial charge on any atom is -0.463 e. The molecule has 4 atom stereocenters. The average molecular weight is 357 g/mol. The maximum Gasteiger partial charge on any atom is 0.338 e. The first-order valence-corrected chi connectivity index (χ1v) is 9.02. The van der Waals surface area contributed by atoms with Crippen molar-refractivity contribution in [3.05, 3.63) is 0 Å². The van der Waals surface area contributed by atoms with Gasteiger partial charge in [0.15, 0.2) is 6.10 Å². The molecule has 0 bridgehead atoms. The van der Waals surface area contributed by atoms with Crippen molar-refractivity contribution in [3.8, 4) is 0 Å². The van der Waals surface area contributed by atoms with Gasteiger partial charge in [0.05, 0.1) is 30.0 Å². The molecule has 2 heterocycles. The molecule has 0 aromatic rings. The predicted octanol–water partition coefficient (Wildman–Crippen LogP) is 2.08. The average Bonchev–Trinajstić information content (AvgIpc) is 2.95. The molecule has 2 saturated heterocycles. The molecule has 7 heteroatoms. The van der Waals surface area contributed by atoms with Crippen molar-refractivity contribution < 1.29 is 28.6 Å². The standard InChI is InChI=1S/C18H31NO6/c1-10(2)22-16(20)13-14-12(24-18(5,6)7)8-9-19(14)25-15(13)17(21)23-11(3)4/h10-15H,8-9H2,1-7H3/t12-,13+,14-,15-/m0/s1. The molecule has 2 fully saturated rings. The second-order valence-corrected chi connectivity index (χ2v) is 8.21. The van der Waals surface area contributed by atoms with Crippen LogP contribution in [0.25, 0.3) is 0 Å². The second-order valence-electron chi connectivity index (χ2n) is 8.21. The summed E-state index contributed by atoms with van der Waals surface area (Å²) >= 11 is 0. The highest BCUT2D eigenvalue weighted by molar-refractivity contribution is 5.85. The fourth-order valence-corrected chi connectivity index (χ4v) is 3.33. The van der Waals surface area contributed by atoms with Crippen LogP contribution in [-0.2, 0) is 28.6 Å². The van der Waals surface area contributed by atoms with Crippen LogP contribution in [0.1, 0.15) is 54.9 Å². The maximum atomic E-state index is 12.7. The Bertz CT molecular complexity index is 498. The summed E-state index contributed by atoms with van der Waals surface area (Å²) in [6, 6.07) is -0.352. The predicted molar refractivity (Wildman–Crippen MR) is 90.6 cm³/mol. The van der Waals surface area contributed by atoms with Crippen molar-refractivity contribution in [1.82, 2.24) is 5.06 Å². The first kappa shape index (κ1) is 20.1. The first-order valence-electron chi connectivity index (χ1n) is 9.02. The van der Waals surface area contributed by atoms with Crippen LogP contribution in [0, 0.1) is 5.92 Å². The molecule has 0 aromatic heterocycles. The van der Waals surface area contributed by atoms with Crippen LogP contribution in [0.15, 0.2) is 0 Å². The largest absolute Gasteiger partial charge is 0.463 e. The van der Waals surface area contributed by atoms with E-state index in [1.54, 1.807) is 32.8 Å². The Balaban J connectivity index is 2.25. The van der Waals surface area contributed by atoms with Gasteiger partial charge in [0.1, 0.15) is 5.92 Å². The van der Waals surface area contributed by atoms with E-state index in [4.69, 9.17) is 19.0 Å². The van der Waals surface area contributed by atoms with Crippen LogP contribution in [0.3, 0.4) is 0 Å². The summed E-state index contributed by atoms with van der Waals surface area (Å²) in [6.45, 7) is 13.6. The molecule has 0 amide bonds. The molecule has 0 spiro atoms. The Morgan fingerprint density at radius 2 is 1.60 bits per heavy atom. The van der Waals surface area contributed by atoms with Crippen LogP contribution in [0.4, 0.5) is 0 Å². The molecule has 0 aliphatic carbocycles. The van der Waals surface area contributed by atoms with E-state index in [-0.39, 0.29) is 30.0 Å². The summed E-state index contributed by atoms with van der Waals surface area (Å²) < 4.78 is 16.8. The number of hydrogen-bond donors (Lipinski definition) is 0. The van der Waals surface area contributed by atoms with Gasteiger partial charge in [-0.1, -0.05) is 0 Å². The first-order chi connectivity index (χ1) is 11.5. The Morgan fingerprint density at radius 1 is 1.04 bits per heavy atom. The molecule has 0 aromatic carbocycles. The van der Waals surface area contributed by atoms with E-state index in [1.807, 2.05) is 20.8 Å². The van der Waals surface area contributed by atoms with Gasteiger partial charge in [-0.3, -0.25) is 9.63 Å². The summed E-state index contributed by atoms with van der Waals surface area (Å²) in [5.74, 6) is -1.74. The molecule has 0 saturated carbocycles. The molecule has 2 aliphatic rings. The molecule has 144 valence electrons. The number of ether oxygens (including phenoxy) is 3. The molecular formula is C18H31NO6. The fraction of sp³-hybridized carbons (Fsp3) is 0.889. The zero-order valence-electron chi connectivity index (χ0n) is 16.3. The number of hydroxylamine groups is 2. The number of hydrogen-bond acceptors (Lipinski definition) is 7. The third-order valence-corrected chi connectivity index (χ3v) is 4.00. The van der Waals surface area contributed by atoms with Gasteiger partial charge in [-0.05, 0) is 54.9 Å². The number of nitrogens with zero attached hydrogens (tertiary/aromatic N) is 1. The second kappa shape index (κ2) is 7.60. The van der Waals surface area contributed by atoms with Gasteiger partial charge >= 0.3 is 11.9 Å². The van der Waals surface area contributed by atoms with E-state index >= 15 is 0 Å². The van der Waals surface area contributed by atoms with Crippen molar-refractivity contribution >= 4 is 11.9 Å². The van der Waals surface area contributed by atoms with Crippen LogP contribution in [0.2, 0.25) is 0 Å². The molecule has 7 nitrogen and oxygen atoms in total. The number of carbonyl (C=O) groups excluding carboxylic acids is 2. The van der Waals surface area contributed by atoms with Crippen molar-refractivity contribution in [2.24, 2.45) is 5.92 Å². The van der Waals surface area contributed by atoms with E-state index in [0.717, 1.165) is 6.42 Å². The van der Waals surface area contributed by atoms with Gasteiger partial charge in [0.25, 0.3) is 0 Å². The van der Waals surface area contributed by atoms with Gasteiger partial charge < -0.3 is 14.2 Å². The third-order valence-electron chi connectivity index (χ3n) is 4.00. The summed E-state index contributed by atoms with van der Waals surface area (Å²) in [7, 11) is 0. The lowest BCUT2D eigenvalue weighted by Gasteiger charge is -2.30. The number of rotatable bonds is 5. The topological polar surface area (TPSA) is 74.3 Å². The van der Waals surface area contributed by atoms with E-state index < -0.39 is 24.0 Å². The van der Waals surface area contributed by atoms with E-state index in [9.17, 15) is 9.59 Å². The quantitative estimate of drug-likeness (QED) is 0.697. The van der Waals surface area contributed by atoms with Crippen molar-refractivity contribution in [3.63, 3.8) is 0 Å². The number of esters is 2. The van der Waals surface area contributed by atoms with E-state index in [0.29, 0.717) is 6.54 Å². The van der Waals surface area contributed by atoms with Crippen LogP contribution >= 0.6 is 0 Å². The lowest BCUT2D eigenvalue weighted by atomic mass is 9.91. The minimum absolute atomic E-state index is 0.207. The monoisotopic (exact) mass is 357 g/mol. The van der Waals surface area contributed by atoms with Crippen LogP contribution in [-0.4, -0.2) is 59.6 Å². The summed E-state index contributed by atoms with van der Waals surface area (Å²) in [4.78, 5) is 31.0. The Kier molecular flexibility index (Phi) is 6.12. The highest BCUT2D eigenvalue weighted by Gasteiger charge is 2.58. The summed E-state index contributed by atoms with van der Waals surface area (Å²) in [5, 5.41) is 1.69. The SMILES string of the molecule is CC(C)OC(=O)[C@@H]1[C@@H]2[C@@H](OC(C)(C)C)CCN2O[C@@H]1C(=O)OC(C)C. The van der Waals surface area contributed by atoms with Crippen LogP contribution < -0.4 is 0 Å². The highest BCUT2D eigenvalue weighted by atomic mass is 16.7. The van der Waals surface area contributed by atoms with Crippen LogP contribution in [0.5, 0.6) is 0 Å². The van der Waals surface area contributed by atoms with E-state index in [1.165, 1.54) is 0 Å². The summed E-state index contributed by atoms with van der Waals surface area (Å²) in [5.41, 5.74) is -0.357. The normalized spacial score (nSPS) is 30.0. The van der Waals surface area contributed by atoms with Crippen molar-refractivity contribution in [2.75, 3.05) is 6.54 Å². The van der Waals surface area contributed by atoms with E-state index in [2.05, 4.69) is 0 Å². The lowest BCUT2D eigenvalue weighted by Crippen LogP contribution is -2.46. The molecule has 2 rings (SSSR count). The van der Waals surface area contributed by atoms with Crippen molar-refractivity contribution in [1.29, 1.82) is 0 Å². The summed E-state index contributed by atoms with van der Waals surface area (Å²) in [6.07, 6.45) is -1.02. The minimum atomic E-state index is -0.995. The number of fused-ring (bicyclic) bond motifs is 1. The zero-order valence-corrected chi connectivity index (χ0v) is 16.3. The third kappa shape index (κ3) is 4.92.